The number of halogens is 3. The average Bonchev–Trinajstić information content (AvgIpc) is 1.57. The Bertz CT molecular complexity index is 6090. The van der Waals surface area contributed by atoms with Gasteiger partial charge in [-0.2, -0.15) is 5.26 Å². The van der Waals surface area contributed by atoms with Gasteiger partial charge in [-0.15, -0.1) is 11.3 Å². The molecule has 3 unspecified atom stereocenters. The summed E-state index contributed by atoms with van der Waals surface area (Å²) in [6.45, 7) is 19.5. The molecule has 6 aromatic carbocycles. The third-order valence-electron chi connectivity index (χ3n) is 20.1. The van der Waals surface area contributed by atoms with Crippen molar-refractivity contribution in [3.63, 3.8) is 0 Å². The van der Waals surface area contributed by atoms with Crippen molar-refractivity contribution in [2.45, 2.75) is 100 Å². The molecule has 9 heterocycles. The number of nitrogens with two attached hydrogens (primary N) is 3. The van der Waals surface area contributed by atoms with Crippen molar-refractivity contribution in [1.82, 2.24) is 43.4 Å². The lowest BCUT2D eigenvalue weighted by Crippen LogP contribution is -2.43. The summed E-state index contributed by atoms with van der Waals surface area (Å²) in [7, 11) is 0. The van der Waals surface area contributed by atoms with Gasteiger partial charge in [0.15, 0.2) is 0 Å². The van der Waals surface area contributed by atoms with Crippen molar-refractivity contribution in [2.24, 2.45) is 35.0 Å². The Kier molecular flexibility index (Phi) is 24.7. The van der Waals surface area contributed by atoms with Gasteiger partial charge in [0.25, 0.3) is 34.4 Å². The van der Waals surface area contributed by atoms with Crippen LogP contribution < -0.4 is 33.9 Å². The highest BCUT2D eigenvalue weighted by Gasteiger charge is 2.38. The molecular weight excluding hydrogens is 1520 g/mol. The number of nitriles is 1. The molecule has 15 aromatic rings. The highest BCUT2D eigenvalue weighted by Crippen LogP contribution is 2.38. The van der Waals surface area contributed by atoms with Crippen molar-refractivity contribution in [3.8, 4) is 6.07 Å². The van der Waals surface area contributed by atoms with Crippen molar-refractivity contribution < 1.29 is 45.3 Å². The fourth-order valence-electron chi connectivity index (χ4n) is 14.6. The molecule has 0 saturated carbocycles. The zero-order valence-electron chi connectivity index (χ0n) is 65.3. The quantitative estimate of drug-likeness (QED) is 0.0506. The minimum atomic E-state index is -0.627. The summed E-state index contributed by atoms with van der Waals surface area (Å²) in [4.78, 5) is 104. The molecule has 15 rings (SSSR count). The van der Waals surface area contributed by atoms with E-state index in [1.807, 2.05) is 98.7 Å². The number of furan rings is 5. The van der Waals surface area contributed by atoms with E-state index < -0.39 is 40.9 Å². The molecule has 3 atom stereocenters. The number of thiophene rings is 1. The van der Waals surface area contributed by atoms with Crippen LogP contribution in [0.25, 0.3) is 66.2 Å². The molecule has 596 valence electrons. The number of amides is 3. The number of rotatable bonds is 24. The van der Waals surface area contributed by atoms with E-state index >= 15 is 0 Å². The van der Waals surface area contributed by atoms with E-state index in [4.69, 9.17) is 65.8 Å². The topological polar surface area (TPSA) is 333 Å². The maximum absolute atomic E-state index is 14.2. The lowest BCUT2D eigenvalue weighted by molar-refractivity contribution is 0.0606. The first-order valence-corrected chi connectivity index (χ1v) is 39.2. The van der Waals surface area contributed by atoms with Gasteiger partial charge in [0, 0.05) is 93.0 Å². The number of nitrogens with zero attached hydrogens (tertiary/aromatic N) is 10. The Balaban J connectivity index is 0.000000151. The molecular formula is C88H86ClF2N13O11S. The Morgan fingerprint density at radius 3 is 1.25 bits per heavy atom. The summed E-state index contributed by atoms with van der Waals surface area (Å²) in [5.41, 5.74) is 24.9. The summed E-state index contributed by atoms with van der Waals surface area (Å²) in [5, 5.41) is 13.0. The van der Waals surface area contributed by atoms with Gasteiger partial charge >= 0.3 is 0 Å². The van der Waals surface area contributed by atoms with Gasteiger partial charge in [-0.25, -0.2) is 23.7 Å². The lowest BCUT2D eigenvalue weighted by Gasteiger charge is -2.35. The third-order valence-corrected chi connectivity index (χ3v) is 21.3. The van der Waals surface area contributed by atoms with E-state index in [2.05, 4.69) is 6.07 Å². The van der Waals surface area contributed by atoms with E-state index in [9.17, 15) is 42.8 Å². The molecule has 0 aliphatic carbocycles. The van der Waals surface area contributed by atoms with E-state index in [0.29, 0.717) is 88.9 Å². The first-order chi connectivity index (χ1) is 55.8. The van der Waals surface area contributed by atoms with Gasteiger partial charge < -0.3 is 54.0 Å². The monoisotopic (exact) mass is 1610 g/mol. The second-order valence-corrected chi connectivity index (χ2v) is 30.9. The molecule has 24 nitrogen and oxygen atoms in total. The van der Waals surface area contributed by atoms with Gasteiger partial charge in [0.2, 0.25) is 16.7 Å². The largest absolute Gasteiger partial charge is 0.472 e. The fourth-order valence-corrected chi connectivity index (χ4v) is 15.5. The molecule has 0 aliphatic heterocycles. The second-order valence-electron chi connectivity index (χ2n) is 29.5. The van der Waals surface area contributed by atoms with Gasteiger partial charge in [0.05, 0.1) is 62.1 Å². The zero-order valence-corrected chi connectivity index (χ0v) is 66.9. The predicted octanol–water partition coefficient (Wildman–Crippen LogP) is 15.9. The molecule has 6 N–H and O–H groups in total. The van der Waals surface area contributed by atoms with Crippen molar-refractivity contribution in [1.29, 1.82) is 5.26 Å². The van der Waals surface area contributed by atoms with Gasteiger partial charge in [-0.1, -0.05) is 106 Å². The number of carbonyl (C=O) groups is 3. The molecule has 0 spiro atoms. The molecule has 3 amide bonds. The fraction of sp³-hybridized carbons (Fsp3) is 0.273. The van der Waals surface area contributed by atoms with E-state index in [1.54, 1.807) is 110 Å². The summed E-state index contributed by atoms with van der Waals surface area (Å²) in [6, 6.07) is 42.5. The number of carbonyl (C=O) groups excluding carboxylic acids is 3. The van der Waals surface area contributed by atoms with Crippen LogP contribution >= 0.6 is 22.9 Å². The predicted molar refractivity (Wildman–Crippen MR) is 443 cm³/mol. The summed E-state index contributed by atoms with van der Waals surface area (Å²) >= 11 is 7.67. The maximum Gasteiger partial charge on any atom is 0.297 e. The lowest BCUT2D eigenvalue weighted by atomic mass is 9.99. The van der Waals surface area contributed by atoms with Crippen LogP contribution in [0.5, 0.6) is 0 Å². The van der Waals surface area contributed by atoms with Crippen LogP contribution in [0, 0.1) is 61.5 Å². The summed E-state index contributed by atoms with van der Waals surface area (Å²) in [5.74, 6) is -0.362. The van der Waals surface area contributed by atoms with Gasteiger partial charge in [0.1, 0.15) is 74.2 Å². The molecule has 0 saturated heterocycles. The minimum Gasteiger partial charge on any atom is -0.472 e. The van der Waals surface area contributed by atoms with Crippen LogP contribution in [0.2, 0.25) is 5.02 Å². The third kappa shape index (κ3) is 16.9. The number of aryl methyl sites for hydroxylation is 3. The Morgan fingerprint density at radius 2 is 0.897 bits per heavy atom. The summed E-state index contributed by atoms with van der Waals surface area (Å²) in [6.07, 6.45) is 4.60. The van der Waals surface area contributed by atoms with Crippen LogP contribution in [-0.2, 0) is 19.6 Å². The van der Waals surface area contributed by atoms with Crippen LogP contribution in [0.15, 0.2) is 212 Å². The SMILES string of the molecule is Cc1ccc(C(=O)N(CCN)C(c2nc3c(oc4ccc(Cl)cc43)c(=O)n2Cc2cc(C#N)cs2)C(C)C)cc1.Cc1ccc(C(=O)N(CCN)C(c2nc3c(oc4ccc(F)cc43)c(=O)n2Cc2ccco2)C(C)C)cc1.Cc1ccc(C(=O)N(CCN)C(c2nc3c(oc4ccc(F)cc43)c(=O)n2Cc2ccoc2)C(C)C)cc1. The average molecular weight is 1610 g/mol. The van der Waals surface area contributed by atoms with E-state index in [-0.39, 0.29) is 128 Å². The maximum atomic E-state index is 14.2. The molecule has 9 aromatic heterocycles. The molecule has 0 bridgehead atoms. The van der Waals surface area contributed by atoms with E-state index in [0.717, 1.165) is 27.1 Å². The standard InChI is InChI=1S/C30H28ClN5O3S.2C29H29FN4O4/c1-17(2)26(35(11-10-32)29(37)20-6-4-18(3)5-7-20)28-34-25-23-13-21(31)8-9-24(23)39-27(25)30(38)36(28)15-22-12-19(14-33)16-40-22;1-17(2)25(33(12-11-31)28(35)20-6-4-18(3)5-7-20)27-32-24-22-14-21(30)8-9-23(22)38-26(24)29(36)34(27)15-19-10-13-37-16-19;1-17(2)25(33(13-12-31)28(35)19-8-6-18(3)7-9-19)27-32-24-22-15-20(30)10-11-23(22)38-26(24)29(36)34(27)16-21-5-4-14-37-21/h4-9,12-13,16-17,26H,10-11,15,32H2,1-3H3;4-10,13-14,16-17,25H,11-12,15,31H2,1-3H3;4-11,14-15,17,25H,12-13,16,31H2,1-3H3. The molecule has 0 radical (unpaired) electrons. The Morgan fingerprint density at radius 1 is 0.509 bits per heavy atom. The Hall–Kier alpha value is -12.5. The van der Waals surface area contributed by atoms with Gasteiger partial charge in [-0.3, -0.25) is 42.5 Å². The van der Waals surface area contributed by atoms with E-state index in [1.165, 1.54) is 69.4 Å². The summed E-state index contributed by atoms with van der Waals surface area (Å²) < 4.78 is 61.3. The van der Waals surface area contributed by atoms with Crippen molar-refractivity contribution in [3.05, 3.63) is 296 Å². The first-order valence-electron chi connectivity index (χ1n) is 37.9. The number of hydrogen-bond acceptors (Lipinski definition) is 19. The smallest absolute Gasteiger partial charge is 0.297 e. The zero-order chi connectivity index (χ0) is 82.5. The Labute approximate surface area is 673 Å². The van der Waals surface area contributed by atoms with Crippen molar-refractivity contribution in [2.75, 3.05) is 39.3 Å². The van der Waals surface area contributed by atoms with Gasteiger partial charge in [-0.05, 0) is 154 Å². The highest BCUT2D eigenvalue weighted by molar-refractivity contribution is 7.10. The van der Waals surface area contributed by atoms with Crippen LogP contribution in [0.1, 0.15) is 147 Å². The second kappa shape index (κ2) is 35.1. The number of hydrogen-bond donors (Lipinski definition) is 3. The molecule has 28 heteroatoms. The molecule has 0 fully saturated rings. The van der Waals surface area contributed by atoms with Crippen LogP contribution in [0.4, 0.5) is 8.78 Å². The van der Waals surface area contributed by atoms with Crippen LogP contribution in [-0.4, -0.2) is 100 Å². The highest BCUT2D eigenvalue weighted by atomic mass is 35.5. The number of aromatic nitrogens is 6. The van der Waals surface area contributed by atoms with Crippen LogP contribution in [0.3, 0.4) is 0 Å². The minimum absolute atomic E-state index is 0.0126. The number of benzene rings is 6. The number of fused-ring (bicyclic) bond motifs is 9. The molecule has 0 aliphatic rings. The normalized spacial score (nSPS) is 12.4. The molecule has 116 heavy (non-hydrogen) atoms. The van der Waals surface area contributed by atoms with Crippen molar-refractivity contribution >= 4 is 107 Å². The first kappa shape index (κ1) is 81.6.